The molecule has 0 aliphatic carbocycles. The zero-order valence-corrected chi connectivity index (χ0v) is 19.8. The van der Waals surface area contributed by atoms with Gasteiger partial charge in [-0.2, -0.15) is 4.98 Å². The third-order valence-electron chi connectivity index (χ3n) is 5.03. The van der Waals surface area contributed by atoms with E-state index < -0.39 is 12.0 Å². The number of aryl methyl sites for hydroxylation is 1. The van der Waals surface area contributed by atoms with E-state index in [9.17, 15) is 18.3 Å². The molecule has 0 fully saturated rings. The van der Waals surface area contributed by atoms with Crippen LogP contribution in [0.3, 0.4) is 0 Å². The Balaban J connectivity index is 1.44. The standard InChI is InChI=1S/C24H24F3N5O4/c1-15-28-21(22-29-20(31-36-22)17-7-9-18(10-8-17)35-24(25,26)27)30-32(15)14-16-5-4-6-19(13-16)34-12-11-23(2,3)33/h4-10,13,33H,11-12,14H2,1-3H3. The van der Waals surface area contributed by atoms with Crippen molar-refractivity contribution in [2.24, 2.45) is 0 Å². The van der Waals surface area contributed by atoms with Gasteiger partial charge in [-0.25, -0.2) is 9.67 Å². The van der Waals surface area contributed by atoms with Crippen molar-refractivity contribution < 1.29 is 32.3 Å². The molecule has 0 amide bonds. The van der Waals surface area contributed by atoms with Gasteiger partial charge in [0, 0.05) is 12.0 Å². The van der Waals surface area contributed by atoms with Crippen molar-refractivity contribution in [2.75, 3.05) is 6.61 Å². The summed E-state index contributed by atoms with van der Waals surface area (Å²) in [5.74, 6) is 1.42. The van der Waals surface area contributed by atoms with E-state index >= 15 is 0 Å². The van der Waals surface area contributed by atoms with E-state index in [-0.39, 0.29) is 23.3 Å². The maximum Gasteiger partial charge on any atom is 0.573 e. The molecular weight excluding hydrogens is 479 g/mol. The number of alkyl halides is 3. The van der Waals surface area contributed by atoms with Gasteiger partial charge in [-0.05, 0) is 62.7 Å². The van der Waals surface area contributed by atoms with Gasteiger partial charge in [0.05, 0.1) is 18.8 Å². The number of hydrogen-bond acceptors (Lipinski definition) is 8. The summed E-state index contributed by atoms with van der Waals surface area (Å²) in [7, 11) is 0. The molecule has 0 saturated carbocycles. The average Bonchev–Trinajstić information content (AvgIpc) is 3.40. The second kappa shape index (κ2) is 9.97. The minimum Gasteiger partial charge on any atom is -0.493 e. The van der Waals surface area contributed by atoms with Gasteiger partial charge in [-0.1, -0.05) is 17.3 Å². The lowest BCUT2D eigenvalue weighted by atomic mass is 10.1. The quantitative estimate of drug-likeness (QED) is 0.347. The molecule has 12 heteroatoms. The van der Waals surface area contributed by atoms with Crippen LogP contribution in [0.5, 0.6) is 11.5 Å². The summed E-state index contributed by atoms with van der Waals surface area (Å²) in [5.41, 5.74) is 0.575. The third kappa shape index (κ3) is 6.81. The molecule has 2 aromatic heterocycles. The average molecular weight is 503 g/mol. The van der Waals surface area contributed by atoms with Crippen molar-refractivity contribution >= 4 is 0 Å². The fraction of sp³-hybridized carbons (Fsp3) is 0.333. The van der Waals surface area contributed by atoms with Crippen LogP contribution in [0.25, 0.3) is 23.1 Å². The lowest BCUT2D eigenvalue weighted by Crippen LogP contribution is -2.21. The van der Waals surface area contributed by atoms with Crippen LogP contribution < -0.4 is 9.47 Å². The number of ether oxygens (including phenoxy) is 2. The molecule has 0 aliphatic rings. The van der Waals surface area contributed by atoms with E-state index in [0.29, 0.717) is 36.7 Å². The number of nitrogens with zero attached hydrogens (tertiary/aromatic N) is 5. The molecule has 9 nitrogen and oxygen atoms in total. The molecule has 190 valence electrons. The number of halogens is 3. The highest BCUT2D eigenvalue weighted by Gasteiger charge is 2.31. The van der Waals surface area contributed by atoms with Crippen LogP contribution in [-0.2, 0) is 6.54 Å². The van der Waals surface area contributed by atoms with Gasteiger partial charge in [0.25, 0.3) is 5.89 Å². The zero-order valence-electron chi connectivity index (χ0n) is 19.8. The predicted molar refractivity (Wildman–Crippen MR) is 122 cm³/mol. The van der Waals surface area contributed by atoms with Crippen LogP contribution in [0.2, 0.25) is 0 Å². The molecule has 4 rings (SSSR count). The molecule has 36 heavy (non-hydrogen) atoms. The van der Waals surface area contributed by atoms with Gasteiger partial charge in [0.1, 0.15) is 17.3 Å². The van der Waals surface area contributed by atoms with E-state index in [2.05, 4.69) is 25.0 Å². The summed E-state index contributed by atoms with van der Waals surface area (Å²) in [6, 6.07) is 12.7. The SMILES string of the molecule is Cc1nc(-c2nc(-c3ccc(OC(F)(F)F)cc3)no2)nn1Cc1cccc(OCCC(C)(C)O)c1. The van der Waals surface area contributed by atoms with Crippen molar-refractivity contribution in [3.05, 3.63) is 59.9 Å². The van der Waals surface area contributed by atoms with Crippen molar-refractivity contribution in [2.45, 2.75) is 45.7 Å². The second-order valence-electron chi connectivity index (χ2n) is 8.69. The number of hydrogen-bond donors (Lipinski definition) is 1. The first-order valence-corrected chi connectivity index (χ1v) is 11.0. The highest BCUT2D eigenvalue weighted by molar-refractivity contribution is 5.57. The maximum atomic E-state index is 12.3. The van der Waals surface area contributed by atoms with Gasteiger partial charge in [-0.3, -0.25) is 0 Å². The van der Waals surface area contributed by atoms with E-state index in [4.69, 9.17) is 9.26 Å². The van der Waals surface area contributed by atoms with E-state index in [1.165, 1.54) is 24.3 Å². The molecule has 0 unspecified atom stereocenters. The van der Waals surface area contributed by atoms with E-state index in [1.807, 2.05) is 24.3 Å². The molecule has 2 heterocycles. The monoisotopic (exact) mass is 503 g/mol. The smallest absolute Gasteiger partial charge is 0.493 e. The van der Waals surface area contributed by atoms with Crippen LogP contribution in [-0.4, -0.2) is 48.6 Å². The highest BCUT2D eigenvalue weighted by Crippen LogP contribution is 2.26. The summed E-state index contributed by atoms with van der Waals surface area (Å²) >= 11 is 0. The zero-order chi connectivity index (χ0) is 25.9. The fourth-order valence-corrected chi connectivity index (χ4v) is 3.22. The molecule has 2 aromatic carbocycles. The Kier molecular flexibility index (Phi) is 6.97. The molecule has 1 N–H and O–H groups in total. The summed E-state index contributed by atoms with van der Waals surface area (Å²) in [4.78, 5) is 8.65. The molecule has 0 radical (unpaired) electrons. The molecule has 0 spiro atoms. The fourth-order valence-electron chi connectivity index (χ4n) is 3.22. The van der Waals surface area contributed by atoms with Crippen LogP contribution in [0.4, 0.5) is 13.2 Å². The molecule has 0 aliphatic heterocycles. The Hall–Kier alpha value is -3.93. The normalized spacial score (nSPS) is 12.1. The molecule has 0 atom stereocenters. The van der Waals surface area contributed by atoms with Crippen LogP contribution in [0.15, 0.2) is 53.1 Å². The van der Waals surface area contributed by atoms with Gasteiger partial charge in [-0.15, -0.1) is 18.3 Å². The van der Waals surface area contributed by atoms with Crippen LogP contribution in [0, 0.1) is 6.92 Å². The van der Waals surface area contributed by atoms with Crippen molar-refractivity contribution in [1.82, 2.24) is 24.9 Å². The first-order chi connectivity index (χ1) is 16.9. The number of aromatic nitrogens is 5. The maximum absolute atomic E-state index is 12.3. The minimum absolute atomic E-state index is 0.0752. The Morgan fingerprint density at radius 1 is 1.00 bits per heavy atom. The second-order valence-corrected chi connectivity index (χ2v) is 8.69. The predicted octanol–water partition coefficient (Wildman–Crippen LogP) is 4.79. The van der Waals surface area contributed by atoms with Gasteiger partial charge >= 0.3 is 6.36 Å². The van der Waals surface area contributed by atoms with Gasteiger partial charge < -0.3 is 19.1 Å². The summed E-state index contributed by atoms with van der Waals surface area (Å²) < 4.78 is 53.6. The first-order valence-electron chi connectivity index (χ1n) is 11.0. The van der Waals surface area contributed by atoms with E-state index in [0.717, 1.165) is 5.56 Å². The van der Waals surface area contributed by atoms with Gasteiger partial charge in [0.2, 0.25) is 11.6 Å². The first kappa shape index (κ1) is 25.2. The Labute approximate surface area is 204 Å². The third-order valence-corrected chi connectivity index (χ3v) is 5.03. The molecule has 4 aromatic rings. The minimum atomic E-state index is -4.77. The Bertz CT molecular complexity index is 1310. The van der Waals surface area contributed by atoms with Crippen molar-refractivity contribution in [3.63, 3.8) is 0 Å². The van der Waals surface area contributed by atoms with Crippen molar-refractivity contribution in [3.8, 4) is 34.6 Å². The highest BCUT2D eigenvalue weighted by atomic mass is 19.4. The number of rotatable bonds is 9. The molecule has 0 saturated heterocycles. The summed E-state index contributed by atoms with van der Waals surface area (Å²) in [6.45, 7) is 6.05. The Morgan fingerprint density at radius 3 is 2.44 bits per heavy atom. The number of aliphatic hydroxyl groups is 1. The van der Waals surface area contributed by atoms with Crippen LogP contribution in [0.1, 0.15) is 31.7 Å². The lowest BCUT2D eigenvalue weighted by Gasteiger charge is -2.17. The summed E-state index contributed by atoms with van der Waals surface area (Å²) in [5, 5.41) is 18.2. The van der Waals surface area contributed by atoms with Gasteiger partial charge in [0.15, 0.2) is 0 Å². The summed E-state index contributed by atoms with van der Waals surface area (Å²) in [6.07, 6.45) is -4.27. The lowest BCUT2D eigenvalue weighted by molar-refractivity contribution is -0.274. The largest absolute Gasteiger partial charge is 0.573 e. The topological polar surface area (TPSA) is 108 Å². The van der Waals surface area contributed by atoms with Crippen molar-refractivity contribution in [1.29, 1.82) is 0 Å². The Morgan fingerprint density at radius 2 is 1.75 bits per heavy atom. The molecular formula is C24H24F3N5O4. The molecule has 0 bridgehead atoms. The van der Waals surface area contributed by atoms with Crippen LogP contribution >= 0.6 is 0 Å². The number of benzene rings is 2. The van der Waals surface area contributed by atoms with E-state index in [1.54, 1.807) is 25.5 Å².